The molecular weight excluding hydrogens is 290 g/mol. The van der Waals surface area contributed by atoms with Crippen LogP contribution in [0.2, 0.25) is 0 Å². The normalized spacial score (nSPS) is 21.1. The van der Waals surface area contributed by atoms with Crippen LogP contribution in [0.4, 0.5) is 0 Å². The first-order chi connectivity index (χ1) is 7.70. The van der Waals surface area contributed by atoms with Gasteiger partial charge in [-0.05, 0) is 28.4 Å². The highest BCUT2D eigenvalue weighted by Crippen LogP contribution is 2.22. The first kappa shape index (κ1) is 12.1. The predicted octanol–water partition coefficient (Wildman–Crippen LogP) is 2.76. The van der Waals surface area contributed by atoms with E-state index in [0.717, 1.165) is 15.8 Å². The van der Waals surface area contributed by atoms with Crippen LogP contribution in [0.3, 0.4) is 0 Å². The summed E-state index contributed by atoms with van der Waals surface area (Å²) >= 11 is 4.91. The number of amides is 1. The minimum absolute atomic E-state index is 0.115. The molecule has 0 saturated carbocycles. The van der Waals surface area contributed by atoms with Gasteiger partial charge < -0.3 is 9.64 Å². The summed E-state index contributed by atoms with van der Waals surface area (Å²) in [5, 5.41) is 1.89. The lowest BCUT2D eigenvalue weighted by atomic mass is 10.2. The molecule has 2 heterocycles. The average molecular weight is 304 g/mol. The van der Waals surface area contributed by atoms with Crippen LogP contribution in [0, 0.1) is 0 Å². The van der Waals surface area contributed by atoms with E-state index in [-0.39, 0.29) is 12.0 Å². The first-order valence-electron chi connectivity index (χ1n) is 5.35. The molecule has 1 saturated heterocycles. The molecule has 0 N–H and O–H groups in total. The van der Waals surface area contributed by atoms with Crippen molar-refractivity contribution in [2.75, 3.05) is 19.7 Å². The van der Waals surface area contributed by atoms with Crippen LogP contribution in [0.15, 0.2) is 15.2 Å². The molecular formula is C11H14BrNO2S. The fraction of sp³-hybridized carbons (Fsp3) is 0.545. The lowest BCUT2D eigenvalue weighted by molar-refractivity contribution is -0.0226. The average Bonchev–Trinajstić information content (AvgIpc) is 2.75. The summed E-state index contributed by atoms with van der Waals surface area (Å²) in [7, 11) is 0. The Bertz CT molecular complexity index is 380. The van der Waals surface area contributed by atoms with E-state index < -0.39 is 0 Å². The SMILES string of the molecule is CCC1CN(C(=O)c2csc(Br)c2)CCO1. The molecule has 1 unspecified atom stereocenters. The van der Waals surface area contributed by atoms with Crippen LogP contribution in [-0.2, 0) is 4.74 Å². The van der Waals surface area contributed by atoms with E-state index in [1.807, 2.05) is 16.3 Å². The Labute approximate surface area is 108 Å². The Hall–Kier alpha value is -0.390. The number of carbonyl (C=O) groups is 1. The largest absolute Gasteiger partial charge is 0.375 e. The van der Waals surface area contributed by atoms with Crippen molar-refractivity contribution in [2.45, 2.75) is 19.4 Å². The molecule has 1 amide bonds. The fourth-order valence-corrected chi connectivity index (χ4v) is 2.89. The summed E-state index contributed by atoms with van der Waals surface area (Å²) in [6.07, 6.45) is 1.15. The van der Waals surface area contributed by atoms with E-state index in [4.69, 9.17) is 4.74 Å². The molecule has 1 atom stereocenters. The van der Waals surface area contributed by atoms with E-state index in [1.54, 1.807) is 11.3 Å². The monoisotopic (exact) mass is 303 g/mol. The molecule has 1 fully saturated rings. The van der Waals surface area contributed by atoms with Gasteiger partial charge in [-0.15, -0.1) is 11.3 Å². The maximum absolute atomic E-state index is 12.1. The molecule has 88 valence electrons. The second-order valence-electron chi connectivity index (χ2n) is 3.79. The molecule has 3 nitrogen and oxygen atoms in total. The molecule has 1 aliphatic heterocycles. The Kier molecular flexibility index (Phi) is 4.00. The number of morpholine rings is 1. The fourth-order valence-electron chi connectivity index (χ4n) is 1.76. The molecule has 1 aliphatic rings. The van der Waals surface area contributed by atoms with E-state index in [1.165, 1.54) is 0 Å². The van der Waals surface area contributed by atoms with E-state index in [9.17, 15) is 4.79 Å². The van der Waals surface area contributed by atoms with Crippen LogP contribution in [0.1, 0.15) is 23.7 Å². The second kappa shape index (κ2) is 5.29. The van der Waals surface area contributed by atoms with E-state index in [0.29, 0.717) is 19.7 Å². The van der Waals surface area contributed by atoms with Crippen LogP contribution in [-0.4, -0.2) is 36.6 Å². The van der Waals surface area contributed by atoms with Crippen molar-refractivity contribution in [3.8, 4) is 0 Å². The van der Waals surface area contributed by atoms with E-state index in [2.05, 4.69) is 22.9 Å². The summed E-state index contributed by atoms with van der Waals surface area (Å²) in [5.74, 6) is 0.115. The van der Waals surface area contributed by atoms with Crippen molar-refractivity contribution < 1.29 is 9.53 Å². The summed E-state index contributed by atoms with van der Waals surface area (Å²) in [5.41, 5.74) is 0.772. The van der Waals surface area contributed by atoms with Gasteiger partial charge in [0.1, 0.15) is 0 Å². The lowest BCUT2D eigenvalue weighted by Crippen LogP contribution is -2.45. The second-order valence-corrected chi connectivity index (χ2v) is 6.08. The third kappa shape index (κ3) is 2.64. The maximum atomic E-state index is 12.1. The number of ether oxygens (including phenoxy) is 1. The quantitative estimate of drug-likeness (QED) is 0.841. The zero-order valence-corrected chi connectivity index (χ0v) is 11.5. The van der Waals surface area contributed by atoms with Crippen LogP contribution in [0.25, 0.3) is 0 Å². The van der Waals surface area contributed by atoms with Crippen molar-refractivity contribution in [2.24, 2.45) is 0 Å². The van der Waals surface area contributed by atoms with Gasteiger partial charge in [-0.2, -0.15) is 0 Å². The summed E-state index contributed by atoms with van der Waals surface area (Å²) in [4.78, 5) is 14.0. The molecule has 0 aliphatic carbocycles. The van der Waals surface area contributed by atoms with Crippen molar-refractivity contribution in [3.05, 3.63) is 20.8 Å². The van der Waals surface area contributed by atoms with Gasteiger partial charge in [0.05, 0.1) is 22.1 Å². The van der Waals surface area contributed by atoms with Crippen molar-refractivity contribution in [3.63, 3.8) is 0 Å². The number of hydrogen-bond acceptors (Lipinski definition) is 3. The Balaban J connectivity index is 2.04. The van der Waals surface area contributed by atoms with Gasteiger partial charge >= 0.3 is 0 Å². The number of halogens is 1. The van der Waals surface area contributed by atoms with Crippen LogP contribution in [0.5, 0.6) is 0 Å². The Morgan fingerprint density at radius 1 is 1.75 bits per heavy atom. The minimum atomic E-state index is 0.115. The number of carbonyl (C=O) groups excluding carboxylic acids is 1. The highest BCUT2D eigenvalue weighted by Gasteiger charge is 2.24. The zero-order valence-electron chi connectivity index (χ0n) is 9.11. The number of rotatable bonds is 2. The predicted molar refractivity (Wildman–Crippen MR) is 68.0 cm³/mol. The molecule has 16 heavy (non-hydrogen) atoms. The van der Waals surface area contributed by atoms with Gasteiger partial charge in [-0.25, -0.2) is 0 Å². The standard InChI is InChI=1S/C11H14BrNO2S/c1-2-9-6-13(3-4-15-9)11(14)8-5-10(12)16-7-8/h5,7,9H,2-4,6H2,1H3. The molecule has 0 aromatic carbocycles. The summed E-state index contributed by atoms with van der Waals surface area (Å²) in [6.45, 7) is 4.14. The van der Waals surface area contributed by atoms with Gasteiger partial charge in [-0.3, -0.25) is 4.79 Å². The van der Waals surface area contributed by atoms with Crippen molar-refractivity contribution in [1.29, 1.82) is 0 Å². The van der Waals surface area contributed by atoms with Gasteiger partial charge in [-0.1, -0.05) is 6.92 Å². The maximum Gasteiger partial charge on any atom is 0.254 e. The number of thiophene rings is 1. The zero-order chi connectivity index (χ0) is 11.5. The lowest BCUT2D eigenvalue weighted by Gasteiger charge is -2.32. The van der Waals surface area contributed by atoms with Crippen molar-refractivity contribution >= 4 is 33.2 Å². The van der Waals surface area contributed by atoms with Gasteiger partial charge in [0.15, 0.2) is 0 Å². The molecule has 5 heteroatoms. The van der Waals surface area contributed by atoms with Crippen molar-refractivity contribution in [1.82, 2.24) is 4.90 Å². The first-order valence-corrected chi connectivity index (χ1v) is 7.03. The highest BCUT2D eigenvalue weighted by molar-refractivity contribution is 9.11. The molecule has 1 aromatic rings. The number of nitrogens with zero attached hydrogens (tertiary/aromatic N) is 1. The van der Waals surface area contributed by atoms with Gasteiger partial charge in [0.25, 0.3) is 5.91 Å². The smallest absolute Gasteiger partial charge is 0.254 e. The molecule has 0 radical (unpaired) electrons. The highest BCUT2D eigenvalue weighted by atomic mass is 79.9. The van der Waals surface area contributed by atoms with Gasteiger partial charge in [0.2, 0.25) is 0 Å². The molecule has 0 spiro atoms. The Morgan fingerprint density at radius 3 is 3.19 bits per heavy atom. The third-order valence-electron chi connectivity index (χ3n) is 2.70. The van der Waals surface area contributed by atoms with Crippen LogP contribution >= 0.6 is 27.3 Å². The minimum Gasteiger partial charge on any atom is -0.375 e. The Morgan fingerprint density at radius 2 is 2.56 bits per heavy atom. The molecule has 0 bridgehead atoms. The number of hydrogen-bond donors (Lipinski definition) is 0. The molecule has 1 aromatic heterocycles. The summed E-state index contributed by atoms with van der Waals surface area (Å²) in [6, 6.07) is 1.88. The van der Waals surface area contributed by atoms with E-state index >= 15 is 0 Å². The summed E-state index contributed by atoms with van der Waals surface area (Å²) < 4.78 is 6.54. The molecule has 2 rings (SSSR count). The third-order valence-corrected chi connectivity index (χ3v) is 4.20. The topological polar surface area (TPSA) is 29.5 Å². The van der Waals surface area contributed by atoms with Gasteiger partial charge in [0, 0.05) is 18.5 Å². The van der Waals surface area contributed by atoms with Crippen LogP contribution < -0.4 is 0 Å².